The molecule has 0 radical (unpaired) electrons. The predicted octanol–water partition coefficient (Wildman–Crippen LogP) is 3.01. The molecular formula is C13H11F3N4O3. The summed E-state index contributed by atoms with van der Waals surface area (Å²) in [6.07, 6.45) is -2.63. The molecule has 23 heavy (non-hydrogen) atoms. The first-order chi connectivity index (χ1) is 10.7. The third kappa shape index (κ3) is 3.65. The van der Waals surface area contributed by atoms with Gasteiger partial charge in [0.05, 0.1) is 16.2 Å². The number of alkyl halides is 3. The van der Waals surface area contributed by atoms with E-state index in [0.717, 1.165) is 29.2 Å². The van der Waals surface area contributed by atoms with Gasteiger partial charge in [0.1, 0.15) is 18.4 Å². The Bertz CT molecular complexity index is 742. The van der Waals surface area contributed by atoms with Gasteiger partial charge in [0.15, 0.2) is 0 Å². The van der Waals surface area contributed by atoms with Crippen LogP contribution in [0.15, 0.2) is 36.7 Å². The van der Waals surface area contributed by atoms with E-state index in [4.69, 9.17) is 0 Å². The number of carbonyl (C=O) groups is 1. The second-order valence-electron chi connectivity index (χ2n) is 4.64. The van der Waals surface area contributed by atoms with Crippen molar-refractivity contribution < 1.29 is 22.9 Å². The number of anilines is 1. The molecule has 1 atom stereocenters. The lowest BCUT2D eigenvalue weighted by molar-refractivity contribution is -0.385. The van der Waals surface area contributed by atoms with Crippen LogP contribution >= 0.6 is 0 Å². The monoisotopic (exact) mass is 328 g/mol. The van der Waals surface area contributed by atoms with Crippen molar-refractivity contribution in [2.45, 2.75) is 19.1 Å². The minimum absolute atomic E-state index is 0.319. The van der Waals surface area contributed by atoms with Crippen LogP contribution in [0.5, 0.6) is 0 Å². The number of nitro groups is 1. The van der Waals surface area contributed by atoms with Crippen molar-refractivity contribution in [3.63, 3.8) is 0 Å². The number of hydrogen-bond acceptors (Lipinski definition) is 4. The van der Waals surface area contributed by atoms with Crippen LogP contribution in [0.4, 0.5) is 24.5 Å². The molecule has 0 fully saturated rings. The summed E-state index contributed by atoms with van der Waals surface area (Å²) in [6.45, 7) is 1.36. The maximum absolute atomic E-state index is 12.9. The first kappa shape index (κ1) is 16.5. The Kier molecular flexibility index (Phi) is 4.34. The number of halogens is 3. The summed E-state index contributed by atoms with van der Waals surface area (Å²) in [5.74, 6) is -0.778. The first-order valence-electron chi connectivity index (χ1n) is 6.36. The second kappa shape index (κ2) is 6.07. The van der Waals surface area contributed by atoms with Crippen LogP contribution in [0.2, 0.25) is 0 Å². The highest BCUT2D eigenvalue weighted by molar-refractivity contribution is 5.94. The van der Waals surface area contributed by atoms with Gasteiger partial charge in [-0.2, -0.15) is 18.3 Å². The Labute approximate surface area is 127 Å². The second-order valence-corrected chi connectivity index (χ2v) is 4.64. The van der Waals surface area contributed by atoms with Gasteiger partial charge in [-0.3, -0.25) is 19.6 Å². The van der Waals surface area contributed by atoms with Gasteiger partial charge in [-0.05, 0) is 19.1 Å². The standard InChI is InChI=1S/C13H11F3N4O3/c1-8(19-7-9(6-17-19)20(22)23)12(21)18-11-5-3-2-4-10(11)13(14,15)16/h2-8H,1H3,(H,18,21). The third-order valence-electron chi connectivity index (χ3n) is 3.07. The molecule has 0 aliphatic rings. The van der Waals surface area contributed by atoms with Crippen molar-refractivity contribution in [1.82, 2.24) is 9.78 Å². The average Bonchev–Trinajstić information content (AvgIpc) is 2.95. The Morgan fingerprint density at radius 3 is 2.61 bits per heavy atom. The van der Waals surface area contributed by atoms with E-state index in [2.05, 4.69) is 10.4 Å². The number of benzene rings is 1. The summed E-state index contributed by atoms with van der Waals surface area (Å²) in [5, 5.41) is 16.4. The van der Waals surface area contributed by atoms with E-state index in [1.807, 2.05) is 0 Å². The number of hydrogen-bond donors (Lipinski definition) is 1. The molecule has 7 nitrogen and oxygen atoms in total. The number of rotatable bonds is 4. The van der Waals surface area contributed by atoms with E-state index >= 15 is 0 Å². The van der Waals surface area contributed by atoms with Crippen molar-refractivity contribution in [1.29, 1.82) is 0 Å². The molecule has 0 aliphatic carbocycles. The van der Waals surface area contributed by atoms with E-state index in [-0.39, 0.29) is 5.69 Å². The number of aromatic nitrogens is 2. The molecule has 2 rings (SSSR count). The lowest BCUT2D eigenvalue weighted by atomic mass is 10.1. The van der Waals surface area contributed by atoms with Gasteiger partial charge in [-0.15, -0.1) is 0 Å². The van der Waals surface area contributed by atoms with Gasteiger partial charge in [0.2, 0.25) is 5.91 Å². The molecule has 1 unspecified atom stereocenters. The molecular weight excluding hydrogens is 317 g/mol. The highest BCUT2D eigenvalue weighted by atomic mass is 19.4. The van der Waals surface area contributed by atoms with Crippen molar-refractivity contribution in [3.05, 3.63) is 52.3 Å². The maximum Gasteiger partial charge on any atom is 0.418 e. The Morgan fingerprint density at radius 1 is 1.39 bits per heavy atom. The van der Waals surface area contributed by atoms with Gasteiger partial charge in [-0.1, -0.05) is 12.1 Å². The van der Waals surface area contributed by atoms with Gasteiger partial charge < -0.3 is 5.32 Å². The van der Waals surface area contributed by atoms with E-state index < -0.39 is 34.3 Å². The summed E-state index contributed by atoms with van der Waals surface area (Å²) >= 11 is 0. The van der Waals surface area contributed by atoms with E-state index in [1.165, 1.54) is 19.1 Å². The predicted molar refractivity (Wildman–Crippen MR) is 73.7 cm³/mol. The third-order valence-corrected chi connectivity index (χ3v) is 3.07. The number of nitrogens with one attached hydrogen (secondary N) is 1. The van der Waals surface area contributed by atoms with Crippen molar-refractivity contribution in [3.8, 4) is 0 Å². The Balaban J connectivity index is 2.20. The molecule has 10 heteroatoms. The van der Waals surface area contributed by atoms with Crippen LogP contribution in [0, 0.1) is 10.1 Å². The zero-order chi connectivity index (χ0) is 17.2. The van der Waals surface area contributed by atoms with Gasteiger partial charge in [0.25, 0.3) is 0 Å². The van der Waals surface area contributed by atoms with E-state index in [9.17, 15) is 28.1 Å². The number of amides is 1. The molecule has 0 saturated carbocycles. The topological polar surface area (TPSA) is 90.1 Å². The van der Waals surface area contributed by atoms with Gasteiger partial charge in [-0.25, -0.2) is 0 Å². The minimum Gasteiger partial charge on any atom is -0.324 e. The van der Waals surface area contributed by atoms with Crippen LogP contribution in [0.1, 0.15) is 18.5 Å². The Morgan fingerprint density at radius 2 is 2.04 bits per heavy atom. The smallest absolute Gasteiger partial charge is 0.324 e. The largest absolute Gasteiger partial charge is 0.418 e. The highest BCUT2D eigenvalue weighted by Crippen LogP contribution is 2.34. The molecule has 1 heterocycles. The fraction of sp³-hybridized carbons (Fsp3) is 0.231. The number of para-hydroxylation sites is 1. The zero-order valence-corrected chi connectivity index (χ0v) is 11.7. The lowest BCUT2D eigenvalue weighted by Gasteiger charge is -2.16. The number of carbonyl (C=O) groups excluding carboxylic acids is 1. The summed E-state index contributed by atoms with van der Waals surface area (Å²) in [4.78, 5) is 22.0. The fourth-order valence-corrected chi connectivity index (χ4v) is 1.83. The molecule has 1 aromatic heterocycles. The molecule has 122 valence electrons. The highest BCUT2D eigenvalue weighted by Gasteiger charge is 2.34. The Hall–Kier alpha value is -2.91. The summed E-state index contributed by atoms with van der Waals surface area (Å²) in [6, 6.07) is 3.51. The summed E-state index contributed by atoms with van der Waals surface area (Å²) < 4.78 is 39.6. The molecule has 1 aromatic carbocycles. The number of nitrogens with zero attached hydrogens (tertiary/aromatic N) is 3. The average molecular weight is 328 g/mol. The van der Waals surface area contributed by atoms with E-state index in [1.54, 1.807) is 0 Å². The molecule has 0 aliphatic heterocycles. The molecule has 0 bridgehead atoms. The van der Waals surface area contributed by atoms with Crippen LogP contribution in [0.25, 0.3) is 0 Å². The molecule has 2 aromatic rings. The van der Waals surface area contributed by atoms with Gasteiger partial charge >= 0.3 is 11.9 Å². The maximum atomic E-state index is 12.9. The van der Waals surface area contributed by atoms with Crippen LogP contribution < -0.4 is 5.32 Å². The van der Waals surface area contributed by atoms with Crippen molar-refractivity contribution >= 4 is 17.3 Å². The van der Waals surface area contributed by atoms with Crippen LogP contribution in [-0.4, -0.2) is 20.6 Å². The van der Waals surface area contributed by atoms with Crippen LogP contribution in [0.3, 0.4) is 0 Å². The van der Waals surface area contributed by atoms with Crippen molar-refractivity contribution in [2.75, 3.05) is 5.32 Å². The normalized spacial score (nSPS) is 12.7. The van der Waals surface area contributed by atoms with E-state index in [0.29, 0.717) is 0 Å². The lowest BCUT2D eigenvalue weighted by Crippen LogP contribution is -2.25. The fourth-order valence-electron chi connectivity index (χ4n) is 1.83. The molecule has 1 N–H and O–H groups in total. The first-order valence-corrected chi connectivity index (χ1v) is 6.36. The summed E-state index contributed by atoms with van der Waals surface area (Å²) in [5.41, 5.74) is -1.69. The zero-order valence-electron chi connectivity index (χ0n) is 11.7. The molecule has 0 spiro atoms. The van der Waals surface area contributed by atoms with Gasteiger partial charge in [0, 0.05) is 0 Å². The summed E-state index contributed by atoms with van der Waals surface area (Å²) in [7, 11) is 0. The minimum atomic E-state index is -4.61. The van der Waals surface area contributed by atoms with Crippen molar-refractivity contribution in [2.24, 2.45) is 0 Å². The molecule has 0 saturated heterocycles. The SMILES string of the molecule is CC(C(=O)Nc1ccccc1C(F)(F)F)n1cc([N+](=O)[O-])cn1. The quantitative estimate of drug-likeness (QED) is 0.690. The molecule has 1 amide bonds. The van der Waals surface area contributed by atoms with Crippen LogP contribution in [-0.2, 0) is 11.0 Å².